The van der Waals surface area contributed by atoms with Crippen molar-refractivity contribution in [3.8, 4) is 0 Å². The van der Waals surface area contributed by atoms with Crippen molar-refractivity contribution < 1.29 is 42.5 Å². The summed E-state index contributed by atoms with van der Waals surface area (Å²) in [5, 5.41) is 1.50. The van der Waals surface area contributed by atoms with E-state index >= 15 is 0 Å². The van der Waals surface area contributed by atoms with E-state index in [2.05, 4.69) is 26.0 Å². The first kappa shape index (κ1) is 22.7. The van der Waals surface area contributed by atoms with Crippen molar-refractivity contribution in [2.24, 2.45) is 0 Å². The number of hydrogen-bond donors (Lipinski definition) is 0. The van der Waals surface area contributed by atoms with E-state index in [1.165, 1.54) is 0 Å². The van der Waals surface area contributed by atoms with Crippen LogP contribution in [0.4, 0.5) is 0 Å². The monoisotopic (exact) mass is 370 g/mol. The van der Waals surface area contributed by atoms with Crippen LogP contribution in [-0.4, -0.2) is 13.0 Å². The van der Waals surface area contributed by atoms with Gasteiger partial charge in [-0.3, -0.25) is 0 Å². The van der Waals surface area contributed by atoms with Crippen LogP contribution >= 0.6 is 0 Å². The smallest absolute Gasteiger partial charge is 0.744 e. The molecule has 0 radical (unpaired) electrons. The molecule has 132 valence electrons. The molecule has 0 aliphatic heterocycles. The molecular weight excluding hydrogens is 343 g/mol. The molecule has 3 nitrogen and oxygen atoms in total. The molecule has 0 bridgehead atoms. The quantitative estimate of drug-likeness (QED) is 0.386. The van der Waals surface area contributed by atoms with Crippen molar-refractivity contribution in [3.05, 3.63) is 41.5 Å². The Morgan fingerprint density at radius 1 is 0.880 bits per heavy atom. The average Bonchev–Trinajstić information content (AvgIpc) is 2.54. The summed E-state index contributed by atoms with van der Waals surface area (Å²) in [5.41, 5.74) is 2.09. The first-order valence-corrected chi connectivity index (χ1v) is 10.4. The predicted octanol–water partition coefficient (Wildman–Crippen LogP) is 2.21. The van der Waals surface area contributed by atoms with Gasteiger partial charge in [0.05, 0.1) is 4.90 Å². The van der Waals surface area contributed by atoms with E-state index < -0.39 is 10.1 Å². The fourth-order valence-corrected chi connectivity index (χ4v) is 3.93. The first-order chi connectivity index (χ1) is 11.5. The van der Waals surface area contributed by atoms with Crippen LogP contribution in [0.25, 0.3) is 10.8 Å². The van der Waals surface area contributed by atoms with Gasteiger partial charge in [0.2, 0.25) is 0 Å². The van der Waals surface area contributed by atoms with Crippen LogP contribution in [-0.2, 0) is 23.0 Å². The number of fused-ring (bicyclic) bond motifs is 1. The van der Waals surface area contributed by atoms with Crippen molar-refractivity contribution in [1.29, 1.82) is 0 Å². The summed E-state index contributed by atoms with van der Waals surface area (Å²) < 4.78 is 35.2. The second kappa shape index (κ2) is 10.7. The largest absolute Gasteiger partial charge is 1.00 e. The Kier molecular flexibility index (Phi) is 9.68. The maximum Gasteiger partial charge on any atom is 1.00 e. The van der Waals surface area contributed by atoms with E-state index in [0.717, 1.165) is 67.9 Å². The topological polar surface area (TPSA) is 57.2 Å². The number of aryl methyl sites for hydroxylation is 2. The Labute approximate surface area is 174 Å². The molecule has 0 saturated carbocycles. The Bertz CT molecular complexity index is 785. The molecule has 0 spiro atoms. The molecule has 0 N–H and O–H groups in total. The van der Waals surface area contributed by atoms with E-state index in [4.69, 9.17) is 0 Å². The third kappa shape index (κ3) is 6.37. The molecule has 0 unspecified atom stereocenters. The van der Waals surface area contributed by atoms with Crippen LogP contribution < -0.4 is 29.6 Å². The van der Waals surface area contributed by atoms with Crippen LogP contribution in [0, 0.1) is 0 Å². The second-order valence-corrected chi connectivity index (χ2v) is 7.82. The zero-order chi connectivity index (χ0) is 17.6. The molecule has 0 aliphatic carbocycles. The molecule has 0 atom stereocenters. The summed E-state index contributed by atoms with van der Waals surface area (Å²) >= 11 is 0. The summed E-state index contributed by atoms with van der Waals surface area (Å²) in [7, 11) is -4.47. The number of rotatable bonds is 9. The van der Waals surface area contributed by atoms with Crippen LogP contribution in [0.5, 0.6) is 0 Å². The summed E-state index contributed by atoms with van der Waals surface area (Å²) in [5.74, 6) is 0. The van der Waals surface area contributed by atoms with Crippen LogP contribution in [0.1, 0.15) is 63.5 Å². The first-order valence-electron chi connectivity index (χ1n) is 8.97. The zero-order valence-electron chi connectivity index (χ0n) is 15.7. The average molecular weight is 370 g/mol. The molecule has 0 fully saturated rings. The van der Waals surface area contributed by atoms with Crippen molar-refractivity contribution in [3.63, 3.8) is 0 Å². The Morgan fingerprint density at radius 3 is 2.12 bits per heavy atom. The Balaban J connectivity index is 0.00000312. The van der Waals surface area contributed by atoms with Crippen LogP contribution in [0.3, 0.4) is 0 Å². The molecule has 0 aromatic heterocycles. The van der Waals surface area contributed by atoms with E-state index in [0.29, 0.717) is 5.39 Å². The SMILES string of the molecule is CCCCCc1cc(S(=O)(=O)[O-])c2cccc(CCCCC)c2c1.[Na+]. The van der Waals surface area contributed by atoms with Crippen molar-refractivity contribution in [2.75, 3.05) is 0 Å². The predicted molar refractivity (Wildman–Crippen MR) is 98.4 cm³/mol. The van der Waals surface area contributed by atoms with E-state index in [1.807, 2.05) is 6.07 Å². The van der Waals surface area contributed by atoms with Gasteiger partial charge in [0.1, 0.15) is 10.1 Å². The zero-order valence-corrected chi connectivity index (χ0v) is 18.5. The van der Waals surface area contributed by atoms with E-state index in [9.17, 15) is 13.0 Å². The molecule has 0 heterocycles. The number of hydrogen-bond acceptors (Lipinski definition) is 3. The molecule has 2 aromatic carbocycles. The van der Waals surface area contributed by atoms with Crippen molar-refractivity contribution in [1.82, 2.24) is 0 Å². The summed E-state index contributed by atoms with van der Waals surface area (Å²) in [6.07, 6.45) is 8.34. The summed E-state index contributed by atoms with van der Waals surface area (Å²) in [4.78, 5) is -0.0659. The Hall–Kier alpha value is -0.390. The standard InChI is InChI=1S/C20H28O3S.Na/c1-3-5-7-10-16-14-19-17(11-8-6-4-2)12-9-13-18(19)20(15-16)24(21,22)23;/h9,12-15H,3-8,10-11H2,1-2H3,(H,21,22,23);/q;+1/p-1. The Morgan fingerprint density at radius 2 is 1.52 bits per heavy atom. The van der Waals surface area contributed by atoms with Gasteiger partial charge in [-0.25, -0.2) is 8.42 Å². The van der Waals surface area contributed by atoms with Gasteiger partial charge in [0, 0.05) is 0 Å². The van der Waals surface area contributed by atoms with Gasteiger partial charge >= 0.3 is 29.6 Å². The van der Waals surface area contributed by atoms with Crippen molar-refractivity contribution in [2.45, 2.75) is 70.1 Å². The molecular formula is C20H27NaO3S. The maximum atomic E-state index is 11.7. The molecule has 0 saturated heterocycles. The van der Waals surface area contributed by atoms with E-state index in [-0.39, 0.29) is 34.5 Å². The molecule has 25 heavy (non-hydrogen) atoms. The molecule has 0 aliphatic rings. The third-order valence-corrected chi connectivity index (χ3v) is 5.37. The van der Waals surface area contributed by atoms with Gasteiger partial charge in [-0.15, -0.1) is 0 Å². The summed E-state index contributed by atoms with van der Waals surface area (Å²) in [6.45, 7) is 4.30. The fraction of sp³-hybridized carbons (Fsp3) is 0.500. The van der Waals surface area contributed by atoms with Gasteiger partial charge in [-0.2, -0.15) is 0 Å². The van der Waals surface area contributed by atoms with Crippen molar-refractivity contribution >= 4 is 20.9 Å². The molecule has 5 heteroatoms. The fourth-order valence-electron chi connectivity index (χ4n) is 3.19. The third-order valence-electron chi connectivity index (χ3n) is 4.50. The minimum atomic E-state index is -4.47. The van der Waals surface area contributed by atoms with Gasteiger partial charge in [-0.1, -0.05) is 63.8 Å². The van der Waals surface area contributed by atoms with E-state index in [1.54, 1.807) is 12.1 Å². The molecule has 0 amide bonds. The number of unbranched alkanes of at least 4 members (excludes halogenated alkanes) is 4. The molecule has 2 rings (SSSR count). The summed E-state index contributed by atoms with van der Waals surface area (Å²) in [6, 6.07) is 9.32. The van der Waals surface area contributed by atoms with Gasteiger partial charge in [0.25, 0.3) is 0 Å². The normalized spacial score (nSPS) is 11.5. The maximum absolute atomic E-state index is 11.7. The van der Waals surface area contributed by atoms with Crippen LogP contribution in [0.2, 0.25) is 0 Å². The minimum Gasteiger partial charge on any atom is -0.744 e. The number of benzene rings is 2. The van der Waals surface area contributed by atoms with Gasteiger partial charge < -0.3 is 4.55 Å². The van der Waals surface area contributed by atoms with Gasteiger partial charge in [0.15, 0.2) is 0 Å². The van der Waals surface area contributed by atoms with Crippen LogP contribution in [0.15, 0.2) is 35.2 Å². The second-order valence-electron chi connectivity index (χ2n) is 6.47. The molecule has 2 aromatic rings. The van der Waals surface area contributed by atoms with Gasteiger partial charge in [-0.05, 0) is 53.6 Å². The minimum absolute atomic E-state index is 0.